The van der Waals surface area contributed by atoms with E-state index in [0.29, 0.717) is 5.76 Å². The monoisotopic (exact) mass is 206 g/mol. The van der Waals surface area contributed by atoms with Gasteiger partial charge in [-0.1, -0.05) is 0 Å². The number of aliphatic hydroxyl groups excluding tert-OH is 1. The Morgan fingerprint density at radius 1 is 1.27 bits per heavy atom. The highest BCUT2D eigenvalue weighted by Gasteiger charge is 2.06. The maximum Gasteiger partial charge on any atom is 0.134 e. The molecule has 1 aromatic heterocycles. The second kappa shape index (κ2) is 3.87. The number of halogens is 1. The van der Waals surface area contributed by atoms with Gasteiger partial charge >= 0.3 is 0 Å². The van der Waals surface area contributed by atoms with Crippen LogP contribution in [0.1, 0.15) is 11.3 Å². The number of furan rings is 1. The Hall–Kier alpha value is -1.61. The standard InChI is InChI=1S/C12H11FO2/c1-8-2-5-12(15-8)9-3-4-11(13)10(6-9)7-14/h2-6,14H,7H2,1H3. The van der Waals surface area contributed by atoms with Gasteiger partial charge in [-0.15, -0.1) is 0 Å². The molecule has 0 fully saturated rings. The van der Waals surface area contributed by atoms with E-state index in [1.807, 2.05) is 19.1 Å². The summed E-state index contributed by atoms with van der Waals surface area (Å²) in [5.74, 6) is 1.09. The van der Waals surface area contributed by atoms with Crippen molar-refractivity contribution in [1.29, 1.82) is 0 Å². The van der Waals surface area contributed by atoms with Crippen molar-refractivity contribution in [2.24, 2.45) is 0 Å². The molecule has 1 heterocycles. The van der Waals surface area contributed by atoms with E-state index in [4.69, 9.17) is 9.52 Å². The maximum atomic E-state index is 13.1. The molecule has 1 N–H and O–H groups in total. The topological polar surface area (TPSA) is 33.4 Å². The first-order valence-electron chi connectivity index (χ1n) is 4.67. The Bertz CT molecular complexity index is 474. The van der Waals surface area contributed by atoms with Gasteiger partial charge in [-0.25, -0.2) is 4.39 Å². The van der Waals surface area contributed by atoms with Gasteiger partial charge in [-0.2, -0.15) is 0 Å². The molecule has 0 bridgehead atoms. The minimum absolute atomic E-state index is 0.279. The van der Waals surface area contributed by atoms with Gasteiger partial charge in [0.15, 0.2) is 0 Å². The fraction of sp³-hybridized carbons (Fsp3) is 0.167. The predicted octanol–water partition coefficient (Wildman–Crippen LogP) is 2.89. The zero-order chi connectivity index (χ0) is 10.8. The van der Waals surface area contributed by atoms with Crippen LogP contribution >= 0.6 is 0 Å². The van der Waals surface area contributed by atoms with Crippen LogP contribution in [-0.4, -0.2) is 5.11 Å². The second-order valence-electron chi connectivity index (χ2n) is 3.37. The van der Waals surface area contributed by atoms with Gasteiger partial charge in [0.05, 0.1) is 6.61 Å². The molecule has 2 aromatic rings. The summed E-state index contributed by atoms with van der Waals surface area (Å²) >= 11 is 0. The van der Waals surface area contributed by atoms with Gasteiger partial charge in [0, 0.05) is 11.1 Å². The lowest BCUT2D eigenvalue weighted by atomic mass is 10.1. The minimum Gasteiger partial charge on any atom is -0.461 e. The smallest absolute Gasteiger partial charge is 0.134 e. The molecule has 3 heteroatoms. The summed E-state index contributed by atoms with van der Waals surface area (Å²) in [5.41, 5.74) is 1.05. The molecule has 2 nitrogen and oxygen atoms in total. The minimum atomic E-state index is -0.399. The molecule has 0 radical (unpaired) electrons. The highest BCUT2D eigenvalue weighted by atomic mass is 19.1. The molecule has 1 aromatic carbocycles. The van der Waals surface area contributed by atoms with Gasteiger partial charge in [-0.3, -0.25) is 0 Å². The van der Waals surface area contributed by atoms with E-state index in [-0.39, 0.29) is 12.2 Å². The van der Waals surface area contributed by atoms with E-state index in [0.717, 1.165) is 11.3 Å². The average Bonchev–Trinajstić information content (AvgIpc) is 2.66. The first-order chi connectivity index (χ1) is 7.20. The summed E-state index contributed by atoms with van der Waals surface area (Å²) < 4.78 is 18.5. The Balaban J connectivity index is 2.45. The van der Waals surface area contributed by atoms with Gasteiger partial charge in [0.1, 0.15) is 17.3 Å². The zero-order valence-corrected chi connectivity index (χ0v) is 8.33. The third kappa shape index (κ3) is 1.92. The normalized spacial score (nSPS) is 10.6. The summed E-state index contributed by atoms with van der Waals surface area (Å²) in [6.45, 7) is 1.54. The molecule has 0 atom stereocenters. The van der Waals surface area contributed by atoms with Crippen molar-refractivity contribution in [1.82, 2.24) is 0 Å². The molecular formula is C12H11FO2. The van der Waals surface area contributed by atoms with Crippen molar-refractivity contribution in [3.63, 3.8) is 0 Å². The van der Waals surface area contributed by atoms with Crippen molar-refractivity contribution < 1.29 is 13.9 Å². The van der Waals surface area contributed by atoms with E-state index in [1.165, 1.54) is 6.07 Å². The van der Waals surface area contributed by atoms with Crippen LogP contribution in [0.4, 0.5) is 4.39 Å². The number of hydrogen-bond acceptors (Lipinski definition) is 2. The van der Waals surface area contributed by atoms with Crippen molar-refractivity contribution >= 4 is 0 Å². The van der Waals surface area contributed by atoms with Crippen molar-refractivity contribution in [3.05, 3.63) is 47.5 Å². The molecule has 0 saturated heterocycles. The number of hydrogen-bond donors (Lipinski definition) is 1. The van der Waals surface area contributed by atoms with Crippen LogP contribution in [-0.2, 0) is 6.61 Å². The third-order valence-corrected chi connectivity index (χ3v) is 2.24. The van der Waals surface area contributed by atoms with E-state index in [2.05, 4.69) is 0 Å². The lowest BCUT2D eigenvalue weighted by molar-refractivity contribution is 0.276. The number of benzene rings is 1. The van der Waals surface area contributed by atoms with Crippen LogP contribution in [0, 0.1) is 12.7 Å². The average molecular weight is 206 g/mol. The molecule has 15 heavy (non-hydrogen) atoms. The number of aliphatic hydroxyl groups is 1. The summed E-state index contributed by atoms with van der Waals surface area (Å²) in [7, 11) is 0. The molecule has 0 saturated carbocycles. The summed E-state index contributed by atoms with van der Waals surface area (Å²) in [6, 6.07) is 8.22. The van der Waals surface area contributed by atoms with Crippen molar-refractivity contribution in [2.45, 2.75) is 13.5 Å². The maximum absolute atomic E-state index is 13.1. The van der Waals surface area contributed by atoms with E-state index in [9.17, 15) is 4.39 Å². The van der Waals surface area contributed by atoms with Crippen molar-refractivity contribution in [3.8, 4) is 11.3 Å². The molecule has 0 unspecified atom stereocenters. The molecule has 0 aliphatic heterocycles. The fourth-order valence-electron chi connectivity index (χ4n) is 1.44. The highest BCUT2D eigenvalue weighted by Crippen LogP contribution is 2.24. The number of rotatable bonds is 2. The van der Waals surface area contributed by atoms with Gasteiger partial charge in [-0.05, 0) is 37.3 Å². The third-order valence-electron chi connectivity index (χ3n) is 2.24. The van der Waals surface area contributed by atoms with Crippen molar-refractivity contribution in [2.75, 3.05) is 0 Å². The molecule has 78 valence electrons. The quantitative estimate of drug-likeness (QED) is 0.819. The predicted molar refractivity (Wildman–Crippen MR) is 54.8 cm³/mol. The molecule has 0 amide bonds. The number of aryl methyl sites for hydroxylation is 1. The molecule has 0 spiro atoms. The summed E-state index contributed by atoms with van der Waals surface area (Å²) in [4.78, 5) is 0. The van der Waals surface area contributed by atoms with Crippen LogP contribution in [0.25, 0.3) is 11.3 Å². The Kier molecular flexibility index (Phi) is 2.56. The lowest BCUT2D eigenvalue weighted by Crippen LogP contribution is -1.89. The summed E-state index contributed by atoms with van der Waals surface area (Å²) in [5, 5.41) is 8.92. The molecule has 2 rings (SSSR count). The zero-order valence-electron chi connectivity index (χ0n) is 8.33. The van der Waals surface area contributed by atoms with Crippen LogP contribution in [0.5, 0.6) is 0 Å². The highest BCUT2D eigenvalue weighted by molar-refractivity contribution is 5.58. The SMILES string of the molecule is Cc1ccc(-c2ccc(F)c(CO)c2)o1. The van der Waals surface area contributed by atoms with Crippen LogP contribution in [0.2, 0.25) is 0 Å². The van der Waals surface area contributed by atoms with E-state index in [1.54, 1.807) is 12.1 Å². The Morgan fingerprint density at radius 3 is 2.67 bits per heavy atom. The second-order valence-corrected chi connectivity index (χ2v) is 3.37. The van der Waals surface area contributed by atoms with Crippen LogP contribution in [0.15, 0.2) is 34.7 Å². The van der Waals surface area contributed by atoms with Gasteiger partial charge in [0.25, 0.3) is 0 Å². The van der Waals surface area contributed by atoms with Gasteiger partial charge < -0.3 is 9.52 Å². The van der Waals surface area contributed by atoms with E-state index < -0.39 is 5.82 Å². The first kappa shape index (κ1) is 9.93. The fourth-order valence-corrected chi connectivity index (χ4v) is 1.44. The molecule has 0 aliphatic carbocycles. The first-order valence-corrected chi connectivity index (χ1v) is 4.67. The Labute approximate surface area is 87.0 Å². The molecule has 0 aliphatic rings. The van der Waals surface area contributed by atoms with Crippen LogP contribution < -0.4 is 0 Å². The van der Waals surface area contributed by atoms with Gasteiger partial charge in [0.2, 0.25) is 0 Å². The largest absolute Gasteiger partial charge is 0.461 e. The lowest BCUT2D eigenvalue weighted by Gasteiger charge is -2.02. The molecular weight excluding hydrogens is 195 g/mol. The summed E-state index contributed by atoms with van der Waals surface area (Å²) in [6.07, 6.45) is 0. The van der Waals surface area contributed by atoms with Crippen LogP contribution in [0.3, 0.4) is 0 Å². The Morgan fingerprint density at radius 2 is 2.07 bits per heavy atom. The van der Waals surface area contributed by atoms with E-state index >= 15 is 0 Å².